The first-order valence-corrected chi connectivity index (χ1v) is 8.87. The van der Waals surface area contributed by atoms with Crippen LogP contribution in [0.4, 0.5) is 5.69 Å². The summed E-state index contributed by atoms with van der Waals surface area (Å²) in [6, 6.07) is 15.8. The number of rotatable bonds is 8. The van der Waals surface area contributed by atoms with Crippen LogP contribution in [0.2, 0.25) is 0 Å². The molecule has 26 heavy (non-hydrogen) atoms. The Morgan fingerprint density at radius 3 is 2.27 bits per heavy atom. The highest BCUT2D eigenvalue weighted by Crippen LogP contribution is 2.22. The van der Waals surface area contributed by atoms with Crippen LogP contribution in [0, 0.1) is 0 Å². The van der Waals surface area contributed by atoms with Crippen molar-refractivity contribution in [2.75, 3.05) is 46.2 Å². The molecule has 0 saturated heterocycles. The minimum atomic E-state index is -0.120. The van der Waals surface area contributed by atoms with Gasteiger partial charge in [-0.05, 0) is 50.8 Å². The van der Waals surface area contributed by atoms with Gasteiger partial charge in [-0.3, -0.25) is 4.79 Å². The summed E-state index contributed by atoms with van der Waals surface area (Å²) < 4.78 is 5.56. The van der Waals surface area contributed by atoms with Crippen molar-refractivity contribution in [1.82, 2.24) is 10.2 Å². The Bertz CT molecular complexity index is 711. The molecule has 0 fully saturated rings. The van der Waals surface area contributed by atoms with Gasteiger partial charge in [0.1, 0.15) is 5.75 Å². The number of ether oxygens (including phenoxy) is 1. The topological polar surface area (TPSA) is 44.8 Å². The van der Waals surface area contributed by atoms with Gasteiger partial charge in [0, 0.05) is 26.3 Å². The molecule has 0 aliphatic carbocycles. The number of amides is 1. The van der Waals surface area contributed by atoms with Crippen molar-refractivity contribution >= 4 is 11.6 Å². The quantitative estimate of drug-likeness (QED) is 0.790. The summed E-state index contributed by atoms with van der Waals surface area (Å²) in [6.45, 7) is 2.96. The number of para-hydroxylation sites is 1. The Morgan fingerprint density at radius 2 is 1.69 bits per heavy atom. The van der Waals surface area contributed by atoms with Gasteiger partial charge in [-0.15, -0.1) is 0 Å². The van der Waals surface area contributed by atoms with Crippen LogP contribution in [-0.4, -0.2) is 52.1 Å². The molecule has 0 aliphatic heterocycles. The number of carbonyl (C=O) groups excluding carboxylic acids is 1. The van der Waals surface area contributed by atoms with E-state index in [9.17, 15) is 4.79 Å². The van der Waals surface area contributed by atoms with E-state index in [0.29, 0.717) is 24.5 Å². The standard InChI is InChI=1S/C21H29N3O2/c1-6-26-20-10-8-7-9-18(20)21(25)22-15-19(24(4)5)16-11-13-17(14-12-16)23(2)3/h7-14,19H,6,15H2,1-5H3,(H,22,25)/t19-/m0/s1. The van der Waals surface area contributed by atoms with Crippen LogP contribution in [0.3, 0.4) is 0 Å². The molecule has 5 heteroatoms. The van der Waals surface area contributed by atoms with Crippen LogP contribution in [-0.2, 0) is 0 Å². The lowest BCUT2D eigenvalue weighted by atomic mass is 10.0. The molecule has 2 aromatic rings. The van der Waals surface area contributed by atoms with Gasteiger partial charge >= 0.3 is 0 Å². The first kappa shape index (κ1) is 19.8. The molecular weight excluding hydrogens is 326 g/mol. The first-order chi connectivity index (χ1) is 12.4. The molecule has 2 aromatic carbocycles. The van der Waals surface area contributed by atoms with E-state index in [2.05, 4.69) is 39.4 Å². The SMILES string of the molecule is CCOc1ccccc1C(=O)NC[C@@H](c1ccc(N(C)C)cc1)N(C)C. The third-order valence-corrected chi connectivity index (χ3v) is 4.31. The molecule has 0 spiro atoms. The van der Waals surface area contributed by atoms with Gasteiger partial charge < -0.3 is 19.9 Å². The lowest BCUT2D eigenvalue weighted by molar-refractivity contribution is 0.0938. The van der Waals surface area contributed by atoms with Crippen LogP contribution in [0.5, 0.6) is 5.75 Å². The van der Waals surface area contributed by atoms with Gasteiger partial charge in [0.05, 0.1) is 18.2 Å². The predicted molar refractivity (Wildman–Crippen MR) is 107 cm³/mol. The van der Waals surface area contributed by atoms with Gasteiger partial charge in [-0.25, -0.2) is 0 Å². The van der Waals surface area contributed by atoms with Crippen molar-refractivity contribution < 1.29 is 9.53 Å². The number of nitrogens with one attached hydrogen (secondary N) is 1. The lowest BCUT2D eigenvalue weighted by Gasteiger charge is -2.26. The maximum absolute atomic E-state index is 12.6. The lowest BCUT2D eigenvalue weighted by Crippen LogP contribution is -2.34. The minimum Gasteiger partial charge on any atom is -0.493 e. The fraction of sp³-hybridized carbons (Fsp3) is 0.381. The first-order valence-electron chi connectivity index (χ1n) is 8.87. The maximum atomic E-state index is 12.6. The van der Waals surface area contributed by atoms with E-state index in [1.54, 1.807) is 6.07 Å². The Hall–Kier alpha value is -2.53. The molecule has 1 atom stereocenters. The molecule has 140 valence electrons. The van der Waals surface area contributed by atoms with E-state index in [1.165, 1.54) is 5.56 Å². The highest BCUT2D eigenvalue weighted by Gasteiger charge is 2.17. The molecule has 2 rings (SSSR count). The fourth-order valence-corrected chi connectivity index (χ4v) is 2.81. The molecular formula is C21H29N3O2. The zero-order chi connectivity index (χ0) is 19.1. The molecule has 0 aliphatic rings. The number of likely N-dealkylation sites (N-methyl/N-ethyl adjacent to an activating group) is 1. The Kier molecular flexibility index (Phi) is 7.04. The highest BCUT2D eigenvalue weighted by atomic mass is 16.5. The molecule has 0 bridgehead atoms. The van der Waals surface area contributed by atoms with Gasteiger partial charge in [-0.2, -0.15) is 0 Å². The van der Waals surface area contributed by atoms with Gasteiger partial charge in [0.25, 0.3) is 5.91 Å². The van der Waals surface area contributed by atoms with E-state index in [-0.39, 0.29) is 11.9 Å². The van der Waals surface area contributed by atoms with E-state index < -0.39 is 0 Å². The van der Waals surface area contributed by atoms with E-state index in [0.717, 1.165) is 5.69 Å². The number of anilines is 1. The van der Waals surface area contributed by atoms with E-state index in [1.807, 2.05) is 53.3 Å². The molecule has 1 amide bonds. The maximum Gasteiger partial charge on any atom is 0.255 e. The molecule has 0 radical (unpaired) electrons. The van der Waals surface area contributed by atoms with Crippen molar-refractivity contribution in [3.63, 3.8) is 0 Å². The second-order valence-corrected chi connectivity index (χ2v) is 6.60. The molecule has 1 N–H and O–H groups in total. The van der Waals surface area contributed by atoms with E-state index >= 15 is 0 Å². The Balaban J connectivity index is 2.10. The van der Waals surface area contributed by atoms with Crippen molar-refractivity contribution in [2.45, 2.75) is 13.0 Å². The summed E-state index contributed by atoms with van der Waals surface area (Å²) in [5.74, 6) is 0.495. The third kappa shape index (κ3) is 4.99. The number of nitrogens with zero attached hydrogens (tertiary/aromatic N) is 2. The number of benzene rings is 2. The number of hydrogen-bond acceptors (Lipinski definition) is 4. The summed E-state index contributed by atoms with van der Waals surface area (Å²) >= 11 is 0. The normalized spacial score (nSPS) is 11.9. The fourth-order valence-electron chi connectivity index (χ4n) is 2.81. The summed E-state index contributed by atoms with van der Waals surface area (Å²) in [5, 5.41) is 3.04. The second kappa shape index (κ2) is 9.25. The van der Waals surface area contributed by atoms with Crippen LogP contribution in [0.1, 0.15) is 28.9 Å². The second-order valence-electron chi connectivity index (χ2n) is 6.60. The van der Waals surface area contributed by atoms with Crippen molar-refractivity contribution in [3.05, 3.63) is 59.7 Å². The monoisotopic (exact) mass is 355 g/mol. The van der Waals surface area contributed by atoms with Crippen LogP contribution in [0.25, 0.3) is 0 Å². The predicted octanol–water partition coefficient (Wildman–Crippen LogP) is 3.18. The zero-order valence-corrected chi connectivity index (χ0v) is 16.3. The average Bonchev–Trinajstić information content (AvgIpc) is 2.62. The summed E-state index contributed by atoms with van der Waals surface area (Å²) in [5.41, 5.74) is 2.88. The molecule has 0 saturated carbocycles. The zero-order valence-electron chi connectivity index (χ0n) is 16.3. The largest absolute Gasteiger partial charge is 0.493 e. The van der Waals surface area contributed by atoms with Crippen LogP contribution < -0.4 is 15.0 Å². The van der Waals surface area contributed by atoms with E-state index in [4.69, 9.17) is 4.74 Å². The van der Waals surface area contributed by atoms with Gasteiger partial charge in [0.15, 0.2) is 0 Å². The third-order valence-electron chi connectivity index (χ3n) is 4.31. The van der Waals surface area contributed by atoms with Crippen LogP contribution >= 0.6 is 0 Å². The van der Waals surface area contributed by atoms with Crippen molar-refractivity contribution in [1.29, 1.82) is 0 Å². The molecule has 5 nitrogen and oxygen atoms in total. The molecule has 0 aromatic heterocycles. The Labute approximate surface area is 156 Å². The molecule has 0 heterocycles. The minimum absolute atomic E-state index is 0.0921. The van der Waals surface area contributed by atoms with Crippen LogP contribution in [0.15, 0.2) is 48.5 Å². The number of hydrogen-bond donors (Lipinski definition) is 1. The summed E-state index contributed by atoms with van der Waals surface area (Å²) in [6.07, 6.45) is 0. The average molecular weight is 355 g/mol. The summed E-state index contributed by atoms with van der Waals surface area (Å²) in [7, 11) is 8.08. The van der Waals surface area contributed by atoms with Gasteiger partial charge in [0.2, 0.25) is 0 Å². The van der Waals surface area contributed by atoms with Crippen molar-refractivity contribution in [2.24, 2.45) is 0 Å². The summed E-state index contributed by atoms with van der Waals surface area (Å²) in [4.78, 5) is 16.8. The number of carbonyl (C=O) groups is 1. The van der Waals surface area contributed by atoms with Crippen molar-refractivity contribution in [3.8, 4) is 5.75 Å². The smallest absolute Gasteiger partial charge is 0.255 e. The Morgan fingerprint density at radius 1 is 1.04 bits per heavy atom. The highest BCUT2D eigenvalue weighted by molar-refractivity contribution is 5.96. The molecule has 0 unspecified atom stereocenters. The van der Waals surface area contributed by atoms with Gasteiger partial charge in [-0.1, -0.05) is 24.3 Å².